The van der Waals surface area contributed by atoms with Gasteiger partial charge in [-0.1, -0.05) is 35.0 Å². The van der Waals surface area contributed by atoms with Crippen LogP contribution in [-0.2, 0) is 15.6 Å². The first-order chi connectivity index (χ1) is 6.95. The van der Waals surface area contributed by atoms with Crippen molar-refractivity contribution in [3.63, 3.8) is 0 Å². The first-order valence-electron chi connectivity index (χ1n) is 4.91. The summed E-state index contributed by atoms with van der Waals surface area (Å²) in [5.74, 6) is 0.134. The Kier molecular flexibility index (Phi) is 4.34. The van der Waals surface area contributed by atoms with Crippen LogP contribution in [0.15, 0.2) is 28.7 Å². The summed E-state index contributed by atoms with van der Waals surface area (Å²) in [5.41, 5.74) is 0.846. The summed E-state index contributed by atoms with van der Waals surface area (Å²) in [5, 5.41) is -0.263. The molecule has 2 nitrogen and oxygen atoms in total. The fraction of sp³-hybridized carbons (Fsp3) is 0.455. The summed E-state index contributed by atoms with van der Waals surface area (Å²) in [6, 6.07) is 7.40. The second kappa shape index (κ2) is 5.12. The molecule has 0 saturated heterocycles. The Morgan fingerprint density at radius 1 is 1.27 bits per heavy atom. The van der Waals surface area contributed by atoms with Crippen molar-refractivity contribution in [3.05, 3.63) is 34.3 Å². The second-order valence-corrected chi connectivity index (χ2v) is 6.99. The molecule has 0 aliphatic heterocycles. The van der Waals surface area contributed by atoms with E-state index in [4.69, 9.17) is 0 Å². The highest BCUT2D eigenvalue weighted by Gasteiger charge is 2.19. The zero-order valence-corrected chi connectivity index (χ0v) is 11.3. The maximum Gasteiger partial charge on any atom is 0.157 e. The van der Waals surface area contributed by atoms with E-state index in [1.54, 1.807) is 6.92 Å². The summed E-state index contributed by atoms with van der Waals surface area (Å²) in [6.45, 7) is 3.65. The van der Waals surface area contributed by atoms with Crippen LogP contribution in [-0.4, -0.2) is 13.7 Å². The Labute approximate surface area is 99.7 Å². The molecule has 0 bridgehead atoms. The van der Waals surface area contributed by atoms with Crippen molar-refractivity contribution in [2.75, 3.05) is 0 Å². The monoisotopic (exact) mass is 290 g/mol. The first kappa shape index (κ1) is 12.7. The summed E-state index contributed by atoms with van der Waals surface area (Å²) in [6.07, 6.45) is 0.666. The average Bonchev–Trinajstić information content (AvgIpc) is 2.20. The van der Waals surface area contributed by atoms with Crippen LogP contribution in [0.4, 0.5) is 0 Å². The number of sulfone groups is 1. The standard InChI is InChI=1S/C11H15BrO2S/c1-3-9(2)15(13,14)8-10-4-6-11(12)7-5-10/h4-7,9H,3,8H2,1-2H3. The fourth-order valence-electron chi connectivity index (χ4n) is 1.21. The van der Waals surface area contributed by atoms with Gasteiger partial charge in [0.2, 0.25) is 0 Å². The molecule has 1 aromatic carbocycles. The van der Waals surface area contributed by atoms with Gasteiger partial charge < -0.3 is 0 Å². The lowest BCUT2D eigenvalue weighted by molar-refractivity contribution is 0.580. The van der Waals surface area contributed by atoms with Crippen molar-refractivity contribution in [2.24, 2.45) is 0 Å². The summed E-state index contributed by atoms with van der Waals surface area (Å²) < 4.78 is 24.6. The lowest BCUT2D eigenvalue weighted by atomic mass is 10.2. The van der Waals surface area contributed by atoms with Gasteiger partial charge in [0.15, 0.2) is 9.84 Å². The molecule has 1 unspecified atom stereocenters. The molecule has 0 aromatic heterocycles. The van der Waals surface area contributed by atoms with E-state index < -0.39 is 9.84 Å². The predicted octanol–water partition coefficient (Wildman–Crippen LogP) is 3.16. The van der Waals surface area contributed by atoms with Gasteiger partial charge in [-0.3, -0.25) is 0 Å². The Hall–Kier alpha value is -0.350. The van der Waals surface area contributed by atoms with Crippen LogP contribution in [0.25, 0.3) is 0 Å². The van der Waals surface area contributed by atoms with Gasteiger partial charge in [0.05, 0.1) is 11.0 Å². The van der Waals surface area contributed by atoms with Gasteiger partial charge in [0, 0.05) is 4.47 Å². The van der Waals surface area contributed by atoms with Crippen LogP contribution in [0.1, 0.15) is 25.8 Å². The van der Waals surface area contributed by atoms with E-state index in [2.05, 4.69) is 15.9 Å². The molecular weight excluding hydrogens is 276 g/mol. The molecule has 0 heterocycles. The number of hydrogen-bond acceptors (Lipinski definition) is 2. The Morgan fingerprint density at radius 3 is 2.27 bits per heavy atom. The average molecular weight is 291 g/mol. The summed E-state index contributed by atoms with van der Waals surface area (Å²) in [7, 11) is -2.99. The zero-order valence-electron chi connectivity index (χ0n) is 8.90. The molecular formula is C11H15BrO2S. The Bertz CT molecular complexity index is 409. The van der Waals surface area contributed by atoms with E-state index in [0.29, 0.717) is 6.42 Å². The summed E-state index contributed by atoms with van der Waals surface area (Å²) >= 11 is 3.32. The van der Waals surface area contributed by atoms with E-state index in [0.717, 1.165) is 10.0 Å². The molecule has 0 spiro atoms. The molecule has 1 aromatic rings. The number of benzene rings is 1. The quantitative estimate of drug-likeness (QED) is 0.854. The topological polar surface area (TPSA) is 34.1 Å². The van der Waals surface area contributed by atoms with Gasteiger partial charge in [0.1, 0.15) is 0 Å². The lowest BCUT2D eigenvalue weighted by Crippen LogP contribution is -2.18. The third-order valence-corrected chi connectivity index (χ3v) is 5.29. The molecule has 0 N–H and O–H groups in total. The number of halogens is 1. The van der Waals surface area contributed by atoms with Crippen LogP contribution >= 0.6 is 15.9 Å². The van der Waals surface area contributed by atoms with Crippen molar-refractivity contribution in [2.45, 2.75) is 31.3 Å². The molecule has 0 saturated carbocycles. The fourth-order valence-corrected chi connectivity index (χ4v) is 2.92. The van der Waals surface area contributed by atoms with Crippen molar-refractivity contribution < 1.29 is 8.42 Å². The highest BCUT2D eigenvalue weighted by molar-refractivity contribution is 9.10. The van der Waals surface area contributed by atoms with Gasteiger partial charge in [-0.15, -0.1) is 0 Å². The highest BCUT2D eigenvalue weighted by atomic mass is 79.9. The van der Waals surface area contributed by atoms with E-state index in [-0.39, 0.29) is 11.0 Å². The molecule has 1 rings (SSSR count). The Morgan fingerprint density at radius 2 is 1.80 bits per heavy atom. The predicted molar refractivity (Wildman–Crippen MR) is 66.5 cm³/mol. The second-order valence-electron chi connectivity index (χ2n) is 3.65. The van der Waals surface area contributed by atoms with Crippen molar-refractivity contribution in [1.29, 1.82) is 0 Å². The molecule has 0 aliphatic rings. The lowest BCUT2D eigenvalue weighted by Gasteiger charge is -2.10. The number of rotatable bonds is 4. The third kappa shape index (κ3) is 3.61. The van der Waals surface area contributed by atoms with Crippen molar-refractivity contribution in [1.82, 2.24) is 0 Å². The van der Waals surface area contributed by atoms with Crippen molar-refractivity contribution in [3.8, 4) is 0 Å². The van der Waals surface area contributed by atoms with Crippen molar-refractivity contribution >= 4 is 25.8 Å². The van der Waals surface area contributed by atoms with Gasteiger partial charge in [-0.2, -0.15) is 0 Å². The Balaban J connectivity index is 2.82. The SMILES string of the molecule is CCC(C)S(=O)(=O)Cc1ccc(Br)cc1. The molecule has 15 heavy (non-hydrogen) atoms. The number of hydrogen-bond donors (Lipinski definition) is 0. The van der Waals surface area contributed by atoms with Crippen LogP contribution in [0.5, 0.6) is 0 Å². The zero-order chi connectivity index (χ0) is 11.5. The smallest absolute Gasteiger partial charge is 0.157 e. The molecule has 0 fully saturated rings. The minimum atomic E-state index is -2.99. The van der Waals surface area contributed by atoms with Gasteiger partial charge in [0.25, 0.3) is 0 Å². The van der Waals surface area contributed by atoms with Crippen LogP contribution in [0.2, 0.25) is 0 Å². The van der Waals surface area contributed by atoms with Gasteiger partial charge in [-0.25, -0.2) is 8.42 Å². The van der Waals surface area contributed by atoms with Crippen LogP contribution < -0.4 is 0 Å². The van der Waals surface area contributed by atoms with Gasteiger partial charge >= 0.3 is 0 Å². The van der Waals surface area contributed by atoms with Crippen LogP contribution in [0.3, 0.4) is 0 Å². The van der Waals surface area contributed by atoms with Crippen LogP contribution in [0, 0.1) is 0 Å². The molecule has 84 valence electrons. The van der Waals surface area contributed by atoms with E-state index >= 15 is 0 Å². The highest BCUT2D eigenvalue weighted by Crippen LogP contribution is 2.16. The maximum atomic E-state index is 11.8. The first-order valence-corrected chi connectivity index (χ1v) is 7.42. The normalized spacial score (nSPS) is 13.8. The van der Waals surface area contributed by atoms with E-state index in [1.807, 2.05) is 31.2 Å². The van der Waals surface area contributed by atoms with E-state index in [9.17, 15) is 8.42 Å². The third-order valence-electron chi connectivity index (χ3n) is 2.47. The molecule has 4 heteroatoms. The molecule has 0 aliphatic carbocycles. The molecule has 0 radical (unpaired) electrons. The molecule has 1 atom stereocenters. The van der Waals surface area contributed by atoms with E-state index in [1.165, 1.54) is 0 Å². The minimum absolute atomic E-state index is 0.134. The summed E-state index contributed by atoms with van der Waals surface area (Å²) in [4.78, 5) is 0. The molecule has 0 amide bonds. The largest absolute Gasteiger partial charge is 0.228 e. The minimum Gasteiger partial charge on any atom is -0.228 e. The van der Waals surface area contributed by atoms with Gasteiger partial charge in [-0.05, 0) is 31.0 Å². The maximum absolute atomic E-state index is 11.8.